The summed E-state index contributed by atoms with van der Waals surface area (Å²) in [5, 5.41) is 5.55. The van der Waals surface area contributed by atoms with Crippen molar-refractivity contribution in [1.29, 1.82) is 0 Å². The standard InChI is InChI=1S/C18H24N2OS/c1-4-6-7-17(21)20-18-19-16(12-22-18)15-10-8-14(9-11-15)13(3)5-2/h8-13H,4-7H2,1-3H3,(H,19,20,21). The maximum absolute atomic E-state index is 11.7. The maximum atomic E-state index is 11.7. The zero-order chi connectivity index (χ0) is 15.9. The number of carbonyl (C=O) groups is 1. The number of rotatable bonds is 7. The number of hydrogen-bond acceptors (Lipinski definition) is 3. The number of nitrogens with one attached hydrogen (secondary N) is 1. The van der Waals surface area contributed by atoms with Crippen molar-refractivity contribution >= 4 is 22.4 Å². The van der Waals surface area contributed by atoms with E-state index in [1.807, 2.05) is 5.38 Å². The Morgan fingerprint density at radius 1 is 1.27 bits per heavy atom. The highest BCUT2D eigenvalue weighted by Crippen LogP contribution is 2.27. The summed E-state index contributed by atoms with van der Waals surface area (Å²) in [7, 11) is 0. The highest BCUT2D eigenvalue weighted by atomic mass is 32.1. The molecule has 118 valence electrons. The van der Waals surface area contributed by atoms with Crippen LogP contribution in [0.25, 0.3) is 11.3 Å². The molecule has 0 aliphatic carbocycles. The third-order valence-corrected chi connectivity index (χ3v) is 4.65. The Morgan fingerprint density at radius 2 is 2.00 bits per heavy atom. The van der Waals surface area contributed by atoms with Crippen LogP contribution in [0.2, 0.25) is 0 Å². The van der Waals surface area contributed by atoms with Crippen molar-refractivity contribution in [3.8, 4) is 11.3 Å². The van der Waals surface area contributed by atoms with Gasteiger partial charge < -0.3 is 5.32 Å². The van der Waals surface area contributed by atoms with Crippen molar-refractivity contribution in [1.82, 2.24) is 4.98 Å². The molecule has 2 rings (SSSR count). The van der Waals surface area contributed by atoms with E-state index in [-0.39, 0.29) is 5.91 Å². The Morgan fingerprint density at radius 3 is 2.64 bits per heavy atom. The van der Waals surface area contributed by atoms with Crippen LogP contribution in [-0.2, 0) is 4.79 Å². The lowest BCUT2D eigenvalue weighted by atomic mass is 9.97. The first-order chi connectivity index (χ1) is 10.6. The molecule has 0 bridgehead atoms. The van der Waals surface area contributed by atoms with Gasteiger partial charge in [-0.15, -0.1) is 11.3 Å². The fourth-order valence-electron chi connectivity index (χ4n) is 2.20. The van der Waals surface area contributed by atoms with Crippen LogP contribution in [-0.4, -0.2) is 10.9 Å². The summed E-state index contributed by atoms with van der Waals surface area (Å²) in [6.07, 6.45) is 3.65. The smallest absolute Gasteiger partial charge is 0.226 e. The minimum atomic E-state index is 0.0508. The minimum absolute atomic E-state index is 0.0508. The average Bonchev–Trinajstić information content (AvgIpc) is 3.00. The van der Waals surface area contributed by atoms with Crippen LogP contribution in [0.1, 0.15) is 57.9 Å². The lowest BCUT2D eigenvalue weighted by Crippen LogP contribution is -2.10. The zero-order valence-electron chi connectivity index (χ0n) is 13.6. The second-order valence-electron chi connectivity index (χ2n) is 5.62. The lowest BCUT2D eigenvalue weighted by molar-refractivity contribution is -0.116. The van der Waals surface area contributed by atoms with E-state index in [4.69, 9.17) is 0 Å². The first-order valence-corrected chi connectivity index (χ1v) is 8.87. The molecule has 22 heavy (non-hydrogen) atoms. The normalized spacial score (nSPS) is 12.1. The largest absolute Gasteiger partial charge is 0.302 e. The Balaban J connectivity index is 2.03. The quantitative estimate of drug-likeness (QED) is 0.737. The van der Waals surface area contributed by atoms with E-state index in [1.165, 1.54) is 16.9 Å². The van der Waals surface area contributed by atoms with Gasteiger partial charge in [-0.3, -0.25) is 4.79 Å². The van der Waals surface area contributed by atoms with Crippen molar-refractivity contribution in [3.63, 3.8) is 0 Å². The van der Waals surface area contributed by atoms with E-state index in [0.717, 1.165) is 30.5 Å². The van der Waals surface area contributed by atoms with Crippen LogP contribution >= 0.6 is 11.3 Å². The molecule has 0 saturated heterocycles. The van der Waals surface area contributed by atoms with Crippen LogP contribution in [0.4, 0.5) is 5.13 Å². The second kappa shape index (κ2) is 8.08. The lowest BCUT2D eigenvalue weighted by Gasteiger charge is -2.08. The van der Waals surface area contributed by atoms with Crippen molar-refractivity contribution in [2.24, 2.45) is 0 Å². The molecular formula is C18H24N2OS. The van der Waals surface area contributed by atoms with Gasteiger partial charge in [0.05, 0.1) is 5.69 Å². The minimum Gasteiger partial charge on any atom is -0.302 e. The first kappa shape index (κ1) is 16.7. The number of benzene rings is 1. The summed E-state index contributed by atoms with van der Waals surface area (Å²) < 4.78 is 0. The van der Waals surface area contributed by atoms with Crippen LogP contribution in [0.3, 0.4) is 0 Å². The fourth-order valence-corrected chi connectivity index (χ4v) is 2.94. The maximum Gasteiger partial charge on any atom is 0.226 e. The van der Waals surface area contributed by atoms with Crippen LogP contribution in [0.5, 0.6) is 0 Å². The third-order valence-electron chi connectivity index (χ3n) is 3.90. The van der Waals surface area contributed by atoms with Gasteiger partial charge in [0.15, 0.2) is 5.13 Å². The number of anilines is 1. The number of unbranched alkanes of at least 4 members (excludes halogenated alkanes) is 1. The van der Waals surface area contributed by atoms with Gasteiger partial charge in [-0.25, -0.2) is 4.98 Å². The van der Waals surface area contributed by atoms with Gasteiger partial charge in [0, 0.05) is 17.4 Å². The molecule has 4 heteroatoms. The third kappa shape index (κ3) is 4.41. The summed E-state index contributed by atoms with van der Waals surface area (Å²) in [5.74, 6) is 0.632. The van der Waals surface area contributed by atoms with Gasteiger partial charge in [0.25, 0.3) is 0 Å². The Hall–Kier alpha value is -1.68. The number of hydrogen-bond donors (Lipinski definition) is 1. The van der Waals surface area contributed by atoms with Gasteiger partial charge >= 0.3 is 0 Å². The van der Waals surface area contributed by atoms with Crippen molar-refractivity contribution in [2.45, 2.75) is 52.4 Å². The van der Waals surface area contributed by atoms with Gasteiger partial charge in [0.2, 0.25) is 5.91 Å². The van der Waals surface area contributed by atoms with E-state index in [0.29, 0.717) is 17.5 Å². The Labute approximate surface area is 136 Å². The molecule has 1 heterocycles. The van der Waals surface area contributed by atoms with E-state index in [9.17, 15) is 4.79 Å². The summed E-state index contributed by atoms with van der Waals surface area (Å²) in [6.45, 7) is 6.52. The van der Waals surface area contributed by atoms with Gasteiger partial charge in [-0.2, -0.15) is 0 Å². The molecule has 3 nitrogen and oxygen atoms in total. The number of aromatic nitrogens is 1. The SMILES string of the molecule is CCCCC(=O)Nc1nc(-c2ccc(C(C)CC)cc2)cs1. The zero-order valence-corrected chi connectivity index (χ0v) is 14.4. The predicted molar refractivity (Wildman–Crippen MR) is 94.4 cm³/mol. The fraction of sp³-hybridized carbons (Fsp3) is 0.444. The predicted octanol–water partition coefficient (Wildman–Crippen LogP) is 5.45. The first-order valence-electron chi connectivity index (χ1n) is 7.99. The monoisotopic (exact) mass is 316 g/mol. The number of nitrogens with zero attached hydrogens (tertiary/aromatic N) is 1. The molecule has 0 spiro atoms. The van der Waals surface area contributed by atoms with E-state index in [2.05, 4.69) is 55.3 Å². The van der Waals surface area contributed by atoms with Gasteiger partial charge in [0.1, 0.15) is 0 Å². The number of carbonyl (C=O) groups excluding carboxylic acids is 1. The average molecular weight is 316 g/mol. The molecule has 0 radical (unpaired) electrons. The number of amides is 1. The molecule has 1 unspecified atom stereocenters. The van der Waals surface area contributed by atoms with E-state index >= 15 is 0 Å². The Bertz CT molecular complexity index is 604. The van der Waals surface area contributed by atoms with Gasteiger partial charge in [-0.1, -0.05) is 51.5 Å². The number of thiazole rings is 1. The molecule has 0 fully saturated rings. The molecule has 1 aromatic heterocycles. The van der Waals surface area contributed by atoms with E-state index in [1.54, 1.807) is 0 Å². The van der Waals surface area contributed by atoms with Gasteiger partial charge in [-0.05, 0) is 24.3 Å². The van der Waals surface area contributed by atoms with Crippen LogP contribution < -0.4 is 5.32 Å². The van der Waals surface area contributed by atoms with Crippen LogP contribution in [0, 0.1) is 0 Å². The van der Waals surface area contributed by atoms with E-state index < -0.39 is 0 Å². The highest BCUT2D eigenvalue weighted by Gasteiger charge is 2.09. The Kier molecular flexibility index (Phi) is 6.13. The molecular weight excluding hydrogens is 292 g/mol. The van der Waals surface area contributed by atoms with Crippen LogP contribution in [0.15, 0.2) is 29.6 Å². The second-order valence-corrected chi connectivity index (χ2v) is 6.48. The molecule has 1 amide bonds. The summed E-state index contributed by atoms with van der Waals surface area (Å²) in [4.78, 5) is 16.2. The highest BCUT2D eigenvalue weighted by molar-refractivity contribution is 7.14. The molecule has 1 N–H and O–H groups in total. The molecule has 1 aromatic carbocycles. The summed E-state index contributed by atoms with van der Waals surface area (Å²) in [6, 6.07) is 8.56. The van der Waals surface area contributed by atoms with Crippen molar-refractivity contribution in [2.75, 3.05) is 5.32 Å². The summed E-state index contributed by atoms with van der Waals surface area (Å²) in [5.41, 5.74) is 3.37. The topological polar surface area (TPSA) is 42.0 Å². The van der Waals surface area contributed by atoms with Crippen molar-refractivity contribution < 1.29 is 4.79 Å². The molecule has 0 aliphatic heterocycles. The molecule has 1 atom stereocenters. The van der Waals surface area contributed by atoms with Crippen molar-refractivity contribution in [3.05, 3.63) is 35.2 Å². The summed E-state index contributed by atoms with van der Waals surface area (Å²) >= 11 is 1.48. The molecule has 2 aromatic rings. The molecule has 0 saturated carbocycles. The molecule has 0 aliphatic rings.